The smallest absolute Gasteiger partial charge is 0.323 e. The van der Waals surface area contributed by atoms with Crippen LogP contribution in [-0.2, 0) is 4.79 Å². The van der Waals surface area contributed by atoms with Crippen LogP contribution in [0.25, 0.3) is 0 Å². The van der Waals surface area contributed by atoms with Crippen molar-refractivity contribution in [3.05, 3.63) is 0 Å². The van der Waals surface area contributed by atoms with Gasteiger partial charge in [0.1, 0.15) is 5.54 Å². The molecule has 4 heteroatoms. The highest BCUT2D eigenvalue weighted by Crippen LogP contribution is 2.28. The summed E-state index contributed by atoms with van der Waals surface area (Å²) in [5.41, 5.74) is -0.705. The van der Waals surface area contributed by atoms with Gasteiger partial charge in [-0.1, -0.05) is 13.3 Å². The van der Waals surface area contributed by atoms with Gasteiger partial charge in [-0.25, -0.2) is 0 Å². The Hall–Kier alpha value is -0.610. The van der Waals surface area contributed by atoms with E-state index < -0.39 is 11.5 Å². The summed E-state index contributed by atoms with van der Waals surface area (Å²) < 4.78 is 0. The fourth-order valence-corrected chi connectivity index (χ4v) is 3.77. The molecule has 1 aliphatic heterocycles. The number of likely N-dealkylation sites (tertiary alicyclic amines) is 1. The van der Waals surface area contributed by atoms with E-state index in [2.05, 4.69) is 24.1 Å². The summed E-state index contributed by atoms with van der Waals surface area (Å²) >= 11 is 0. The average molecular weight is 296 g/mol. The van der Waals surface area contributed by atoms with E-state index in [9.17, 15) is 9.90 Å². The lowest BCUT2D eigenvalue weighted by Gasteiger charge is -2.40. The van der Waals surface area contributed by atoms with E-state index in [0.29, 0.717) is 24.5 Å². The first kappa shape index (κ1) is 16.8. The Balaban J connectivity index is 1.87. The topological polar surface area (TPSA) is 52.6 Å². The molecule has 1 saturated carbocycles. The molecule has 0 bridgehead atoms. The van der Waals surface area contributed by atoms with Crippen LogP contribution in [0, 0.1) is 0 Å². The zero-order valence-electron chi connectivity index (χ0n) is 13.9. The maximum Gasteiger partial charge on any atom is 0.323 e. The Morgan fingerprint density at radius 1 is 1.24 bits per heavy atom. The third-order valence-electron chi connectivity index (χ3n) is 5.47. The van der Waals surface area contributed by atoms with E-state index >= 15 is 0 Å². The molecule has 0 aromatic carbocycles. The maximum atomic E-state index is 11.8. The summed E-state index contributed by atoms with van der Waals surface area (Å²) in [7, 11) is 0. The van der Waals surface area contributed by atoms with Crippen LogP contribution in [0.3, 0.4) is 0 Å². The highest BCUT2D eigenvalue weighted by atomic mass is 16.4. The van der Waals surface area contributed by atoms with E-state index in [1.54, 1.807) is 0 Å². The molecule has 2 rings (SSSR count). The van der Waals surface area contributed by atoms with Gasteiger partial charge in [-0.3, -0.25) is 15.0 Å². The lowest BCUT2D eigenvalue weighted by atomic mass is 9.89. The Morgan fingerprint density at radius 2 is 1.86 bits per heavy atom. The molecule has 2 fully saturated rings. The van der Waals surface area contributed by atoms with Gasteiger partial charge in [0.15, 0.2) is 0 Å². The van der Waals surface area contributed by atoms with Crippen molar-refractivity contribution in [1.29, 1.82) is 0 Å². The summed E-state index contributed by atoms with van der Waals surface area (Å²) in [5, 5.41) is 13.1. The van der Waals surface area contributed by atoms with Crippen LogP contribution in [-0.4, -0.2) is 46.2 Å². The van der Waals surface area contributed by atoms with E-state index in [-0.39, 0.29) is 0 Å². The third-order valence-corrected chi connectivity index (χ3v) is 5.47. The van der Waals surface area contributed by atoms with Crippen molar-refractivity contribution >= 4 is 5.97 Å². The fourth-order valence-electron chi connectivity index (χ4n) is 3.77. The number of carbonyl (C=O) groups is 1. The molecule has 2 N–H and O–H groups in total. The molecule has 21 heavy (non-hydrogen) atoms. The Labute approximate surface area is 129 Å². The van der Waals surface area contributed by atoms with Gasteiger partial charge in [0, 0.05) is 18.1 Å². The van der Waals surface area contributed by atoms with Crippen molar-refractivity contribution in [2.24, 2.45) is 0 Å². The van der Waals surface area contributed by atoms with Crippen LogP contribution in [0.15, 0.2) is 0 Å². The molecule has 1 heterocycles. The quantitative estimate of drug-likeness (QED) is 0.723. The zero-order valence-corrected chi connectivity index (χ0v) is 13.9. The van der Waals surface area contributed by atoms with Gasteiger partial charge in [0.05, 0.1) is 0 Å². The lowest BCUT2D eigenvalue weighted by Crippen LogP contribution is -2.53. The molecule has 2 aliphatic rings. The van der Waals surface area contributed by atoms with Crippen LogP contribution < -0.4 is 5.32 Å². The minimum Gasteiger partial charge on any atom is -0.480 e. The SMILES string of the molecule is CCC(CCCN1[C@H](C)CCC[C@@H]1C)(NC1CC1)C(=O)O. The standard InChI is InChI=1S/C17H32N2O2/c1-4-17(16(20)21,18-15-9-10-15)11-6-12-19-13(2)7-5-8-14(19)3/h13-15,18H,4-12H2,1-3H3,(H,20,21)/t13-,14+,17?. The normalized spacial score (nSPS) is 30.0. The van der Waals surface area contributed by atoms with Crippen molar-refractivity contribution in [1.82, 2.24) is 10.2 Å². The number of piperidine rings is 1. The maximum absolute atomic E-state index is 11.8. The second kappa shape index (κ2) is 7.10. The number of carboxylic acid groups (broad SMARTS) is 1. The van der Waals surface area contributed by atoms with E-state index in [1.165, 1.54) is 19.3 Å². The number of hydrogen-bond donors (Lipinski definition) is 2. The number of hydrogen-bond acceptors (Lipinski definition) is 3. The Kier molecular flexibility index (Phi) is 5.67. The average Bonchev–Trinajstić information content (AvgIpc) is 3.24. The molecule has 1 aliphatic carbocycles. The minimum absolute atomic E-state index is 0.439. The highest BCUT2D eigenvalue weighted by molar-refractivity contribution is 5.78. The molecule has 3 atom stereocenters. The number of nitrogens with one attached hydrogen (secondary N) is 1. The van der Waals surface area contributed by atoms with Crippen molar-refractivity contribution in [2.75, 3.05) is 6.54 Å². The molecule has 1 saturated heterocycles. The predicted molar refractivity (Wildman–Crippen MR) is 85.5 cm³/mol. The van der Waals surface area contributed by atoms with Gasteiger partial charge in [-0.05, 0) is 65.3 Å². The molecule has 0 aromatic heterocycles. The van der Waals surface area contributed by atoms with Crippen molar-refractivity contribution in [2.45, 2.75) is 95.8 Å². The molecule has 0 aromatic rings. The zero-order chi connectivity index (χ0) is 15.5. The molecule has 0 amide bonds. The summed E-state index contributed by atoms with van der Waals surface area (Å²) in [6.07, 6.45) is 8.54. The molecule has 0 radical (unpaired) electrons. The molecule has 4 nitrogen and oxygen atoms in total. The second-order valence-electron chi connectivity index (χ2n) is 7.13. The van der Waals surface area contributed by atoms with Gasteiger partial charge in [-0.2, -0.15) is 0 Å². The van der Waals surface area contributed by atoms with Gasteiger partial charge in [-0.15, -0.1) is 0 Å². The Bertz CT molecular complexity index is 347. The van der Waals surface area contributed by atoms with E-state index in [4.69, 9.17) is 0 Å². The van der Waals surface area contributed by atoms with Crippen molar-refractivity contribution < 1.29 is 9.90 Å². The molecule has 1 unspecified atom stereocenters. The van der Waals surface area contributed by atoms with Crippen LogP contribution in [0.1, 0.15) is 72.1 Å². The van der Waals surface area contributed by atoms with Gasteiger partial charge < -0.3 is 5.11 Å². The molecule has 122 valence electrons. The largest absolute Gasteiger partial charge is 0.480 e. The Morgan fingerprint density at radius 3 is 2.33 bits per heavy atom. The lowest BCUT2D eigenvalue weighted by molar-refractivity contribution is -0.145. The minimum atomic E-state index is -0.705. The number of rotatable bonds is 8. The first-order chi connectivity index (χ1) is 9.98. The molecule has 0 spiro atoms. The molecular formula is C17H32N2O2. The van der Waals surface area contributed by atoms with Gasteiger partial charge in [0.25, 0.3) is 0 Å². The molecular weight excluding hydrogens is 264 g/mol. The van der Waals surface area contributed by atoms with Crippen molar-refractivity contribution in [3.63, 3.8) is 0 Å². The fraction of sp³-hybridized carbons (Fsp3) is 0.941. The van der Waals surface area contributed by atoms with E-state index in [1.807, 2.05) is 6.92 Å². The van der Waals surface area contributed by atoms with Crippen LogP contribution in [0.5, 0.6) is 0 Å². The third kappa shape index (κ3) is 4.19. The number of aliphatic carboxylic acids is 1. The first-order valence-electron chi connectivity index (χ1n) is 8.75. The van der Waals surface area contributed by atoms with Crippen LogP contribution >= 0.6 is 0 Å². The predicted octanol–water partition coefficient (Wildman–Crippen LogP) is 3.01. The van der Waals surface area contributed by atoms with Crippen LogP contribution in [0.2, 0.25) is 0 Å². The monoisotopic (exact) mass is 296 g/mol. The number of nitrogens with zero attached hydrogens (tertiary/aromatic N) is 1. The summed E-state index contributed by atoms with van der Waals surface area (Å²) in [6, 6.07) is 1.73. The van der Waals surface area contributed by atoms with Crippen molar-refractivity contribution in [3.8, 4) is 0 Å². The summed E-state index contributed by atoms with van der Waals surface area (Å²) in [4.78, 5) is 14.3. The summed E-state index contributed by atoms with van der Waals surface area (Å²) in [6.45, 7) is 7.64. The van der Waals surface area contributed by atoms with Crippen LogP contribution in [0.4, 0.5) is 0 Å². The second-order valence-corrected chi connectivity index (χ2v) is 7.13. The number of carboxylic acids is 1. The summed E-state index contributed by atoms with van der Waals surface area (Å²) in [5.74, 6) is -0.670. The van der Waals surface area contributed by atoms with E-state index in [0.717, 1.165) is 32.2 Å². The highest BCUT2D eigenvalue weighted by Gasteiger charge is 2.40. The first-order valence-corrected chi connectivity index (χ1v) is 8.75. The van der Waals surface area contributed by atoms with Gasteiger partial charge in [0.2, 0.25) is 0 Å². The van der Waals surface area contributed by atoms with Gasteiger partial charge >= 0.3 is 5.97 Å².